The maximum Gasteiger partial charge on any atom is 0.178 e. The van der Waals surface area contributed by atoms with Crippen LogP contribution in [0.1, 0.15) is 18.7 Å². The van der Waals surface area contributed by atoms with Gasteiger partial charge in [-0.15, -0.1) is 15.3 Å². The number of hydrogen-bond acceptors (Lipinski definition) is 6. The SMILES string of the molecule is Cc1nnc2ccc(N3CC(CNC4CCSCC4)C3)nn12. The van der Waals surface area contributed by atoms with Gasteiger partial charge in [0.1, 0.15) is 5.82 Å². The van der Waals surface area contributed by atoms with E-state index in [9.17, 15) is 0 Å². The van der Waals surface area contributed by atoms with Gasteiger partial charge in [0.15, 0.2) is 11.5 Å². The highest BCUT2D eigenvalue weighted by atomic mass is 32.2. The van der Waals surface area contributed by atoms with Gasteiger partial charge in [0, 0.05) is 31.6 Å². The lowest BCUT2D eigenvalue weighted by molar-refractivity contribution is 0.351. The molecular formula is C15H22N6S. The molecule has 2 aromatic rings. The number of nitrogens with one attached hydrogen (secondary N) is 1. The zero-order valence-electron chi connectivity index (χ0n) is 12.9. The number of nitrogens with zero attached hydrogens (tertiary/aromatic N) is 5. The van der Waals surface area contributed by atoms with Crippen LogP contribution in [0.2, 0.25) is 0 Å². The summed E-state index contributed by atoms with van der Waals surface area (Å²) < 4.78 is 1.82. The lowest BCUT2D eigenvalue weighted by Crippen LogP contribution is -2.52. The van der Waals surface area contributed by atoms with Gasteiger partial charge in [-0.1, -0.05) is 0 Å². The molecule has 0 saturated carbocycles. The molecule has 2 aliphatic heterocycles. The smallest absolute Gasteiger partial charge is 0.178 e. The van der Waals surface area contributed by atoms with Gasteiger partial charge in [-0.2, -0.15) is 16.3 Å². The zero-order valence-corrected chi connectivity index (χ0v) is 13.7. The van der Waals surface area contributed by atoms with E-state index in [1.807, 2.05) is 23.6 Å². The highest BCUT2D eigenvalue weighted by Gasteiger charge is 2.28. The lowest BCUT2D eigenvalue weighted by atomic mass is 9.99. The topological polar surface area (TPSA) is 58.4 Å². The highest BCUT2D eigenvalue weighted by Crippen LogP contribution is 2.23. The van der Waals surface area contributed by atoms with E-state index >= 15 is 0 Å². The Bertz CT molecular complexity index is 645. The average molecular weight is 318 g/mol. The van der Waals surface area contributed by atoms with Crippen molar-refractivity contribution in [2.24, 2.45) is 5.92 Å². The van der Waals surface area contributed by atoms with E-state index in [4.69, 9.17) is 0 Å². The van der Waals surface area contributed by atoms with E-state index in [2.05, 4.69) is 37.3 Å². The van der Waals surface area contributed by atoms with Crippen LogP contribution in [0.15, 0.2) is 12.1 Å². The quantitative estimate of drug-likeness (QED) is 0.918. The van der Waals surface area contributed by atoms with Crippen molar-refractivity contribution in [2.75, 3.05) is 36.0 Å². The number of aryl methyl sites for hydroxylation is 1. The van der Waals surface area contributed by atoms with Gasteiger partial charge in [0.05, 0.1) is 0 Å². The molecule has 0 aromatic carbocycles. The molecule has 1 N–H and O–H groups in total. The fourth-order valence-electron chi connectivity index (χ4n) is 3.18. The predicted octanol–water partition coefficient (Wildman–Crippen LogP) is 1.35. The molecule has 0 radical (unpaired) electrons. The van der Waals surface area contributed by atoms with Crippen molar-refractivity contribution in [2.45, 2.75) is 25.8 Å². The molecule has 0 aliphatic carbocycles. The Hall–Kier alpha value is -1.34. The van der Waals surface area contributed by atoms with Crippen molar-refractivity contribution < 1.29 is 0 Å². The van der Waals surface area contributed by atoms with Crippen molar-refractivity contribution in [1.29, 1.82) is 0 Å². The average Bonchev–Trinajstić information content (AvgIpc) is 2.88. The molecule has 0 bridgehead atoms. The van der Waals surface area contributed by atoms with E-state index in [1.54, 1.807) is 0 Å². The van der Waals surface area contributed by atoms with Crippen LogP contribution < -0.4 is 10.2 Å². The van der Waals surface area contributed by atoms with Gasteiger partial charge in [0.25, 0.3) is 0 Å². The number of rotatable bonds is 4. The number of fused-ring (bicyclic) bond motifs is 1. The van der Waals surface area contributed by atoms with Crippen molar-refractivity contribution in [1.82, 2.24) is 25.1 Å². The van der Waals surface area contributed by atoms with Gasteiger partial charge < -0.3 is 10.2 Å². The molecule has 0 unspecified atom stereocenters. The van der Waals surface area contributed by atoms with Crippen LogP contribution in [0.3, 0.4) is 0 Å². The Kier molecular flexibility index (Phi) is 3.92. The van der Waals surface area contributed by atoms with Crippen LogP contribution in [0, 0.1) is 12.8 Å². The van der Waals surface area contributed by atoms with E-state index < -0.39 is 0 Å². The fraction of sp³-hybridized carbons (Fsp3) is 0.667. The fourth-order valence-corrected chi connectivity index (χ4v) is 4.28. The molecule has 2 aromatic heterocycles. The Morgan fingerprint density at radius 1 is 1.23 bits per heavy atom. The van der Waals surface area contributed by atoms with Crippen LogP contribution in [-0.2, 0) is 0 Å². The normalized spacial score (nSPS) is 20.5. The first-order chi connectivity index (χ1) is 10.8. The lowest BCUT2D eigenvalue weighted by Gasteiger charge is -2.41. The van der Waals surface area contributed by atoms with Crippen molar-refractivity contribution in [3.63, 3.8) is 0 Å². The summed E-state index contributed by atoms with van der Waals surface area (Å²) >= 11 is 2.08. The summed E-state index contributed by atoms with van der Waals surface area (Å²) in [6.07, 6.45) is 2.65. The van der Waals surface area contributed by atoms with Gasteiger partial charge in [-0.05, 0) is 43.4 Å². The van der Waals surface area contributed by atoms with Gasteiger partial charge in [-0.3, -0.25) is 0 Å². The molecule has 22 heavy (non-hydrogen) atoms. The summed E-state index contributed by atoms with van der Waals surface area (Å²) in [5, 5.41) is 16.5. The molecule has 118 valence electrons. The van der Waals surface area contributed by atoms with Crippen molar-refractivity contribution in [3.05, 3.63) is 18.0 Å². The second kappa shape index (κ2) is 6.04. The van der Waals surface area contributed by atoms with Crippen LogP contribution in [-0.4, -0.2) is 57.0 Å². The van der Waals surface area contributed by atoms with Crippen LogP contribution >= 0.6 is 11.8 Å². The van der Waals surface area contributed by atoms with Crippen LogP contribution in [0.4, 0.5) is 5.82 Å². The van der Waals surface area contributed by atoms with Crippen molar-refractivity contribution >= 4 is 23.2 Å². The minimum atomic E-state index is 0.740. The Labute approximate surface area is 134 Å². The number of anilines is 1. The summed E-state index contributed by atoms with van der Waals surface area (Å²) in [5.41, 5.74) is 0.815. The first-order valence-electron chi connectivity index (χ1n) is 8.05. The maximum atomic E-state index is 4.64. The van der Waals surface area contributed by atoms with Gasteiger partial charge in [0.2, 0.25) is 0 Å². The molecular weight excluding hydrogens is 296 g/mol. The molecule has 4 heterocycles. The Balaban J connectivity index is 1.31. The van der Waals surface area contributed by atoms with E-state index in [0.29, 0.717) is 0 Å². The summed E-state index contributed by atoms with van der Waals surface area (Å²) in [6.45, 7) is 5.25. The summed E-state index contributed by atoms with van der Waals surface area (Å²) in [7, 11) is 0. The second-order valence-corrected chi connectivity index (χ2v) is 7.50. The summed E-state index contributed by atoms with van der Waals surface area (Å²) in [6, 6.07) is 4.78. The Morgan fingerprint density at radius 3 is 2.86 bits per heavy atom. The summed E-state index contributed by atoms with van der Waals surface area (Å²) in [4.78, 5) is 2.34. The molecule has 0 spiro atoms. The minimum absolute atomic E-state index is 0.740. The number of hydrogen-bond donors (Lipinski definition) is 1. The largest absolute Gasteiger partial charge is 0.354 e. The van der Waals surface area contributed by atoms with E-state index in [-0.39, 0.29) is 0 Å². The third-order valence-electron chi connectivity index (χ3n) is 4.60. The predicted molar refractivity (Wildman–Crippen MR) is 89.6 cm³/mol. The molecule has 0 amide bonds. The molecule has 2 fully saturated rings. The minimum Gasteiger partial charge on any atom is -0.354 e. The van der Waals surface area contributed by atoms with E-state index in [0.717, 1.165) is 48.9 Å². The molecule has 2 saturated heterocycles. The highest BCUT2D eigenvalue weighted by molar-refractivity contribution is 7.99. The molecule has 2 aliphatic rings. The molecule has 0 atom stereocenters. The zero-order chi connectivity index (χ0) is 14.9. The van der Waals surface area contributed by atoms with Crippen LogP contribution in [0.5, 0.6) is 0 Å². The summed E-state index contributed by atoms with van der Waals surface area (Å²) in [5.74, 6) is 5.24. The van der Waals surface area contributed by atoms with E-state index in [1.165, 1.54) is 24.3 Å². The van der Waals surface area contributed by atoms with Gasteiger partial charge in [-0.25, -0.2) is 0 Å². The molecule has 4 rings (SSSR count). The third kappa shape index (κ3) is 2.79. The van der Waals surface area contributed by atoms with Gasteiger partial charge >= 0.3 is 0 Å². The maximum absolute atomic E-state index is 4.64. The monoisotopic (exact) mass is 318 g/mol. The second-order valence-electron chi connectivity index (χ2n) is 6.27. The molecule has 7 heteroatoms. The van der Waals surface area contributed by atoms with Crippen molar-refractivity contribution in [3.8, 4) is 0 Å². The number of thioether (sulfide) groups is 1. The standard InChI is InChI=1S/C15H22N6S/c1-11-17-18-14-2-3-15(19-21(11)14)20-9-12(10-20)8-16-13-4-6-22-7-5-13/h2-3,12-13,16H,4-10H2,1H3. The first-order valence-corrected chi connectivity index (χ1v) is 9.20. The Morgan fingerprint density at radius 2 is 2.05 bits per heavy atom. The van der Waals surface area contributed by atoms with Crippen LogP contribution in [0.25, 0.3) is 5.65 Å². The third-order valence-corrected chi connectivity index (χ3v) is 5.65. The first kappa shape index (κ1) is 14.3. The number of aromatic nitrogens is 4. The molecule has 6 nitrogen and oxygen atoms in total.